The van der Waals surface area contributed by atoms with Gasteiger partial charge in [-0.3, -0.25) is 0 Å². The average Bonchev–Trinajstić information content (AvgIpc) is 3.20. The topological polar surface area (TPSA) is 78.3 Å². The van der Waals surface area contributed by atoms with Crippen LogP contribution in [0, 0.1) is 46.3 Å². The van der Waals surface area contributed by atoms with E-state index in [1.54, 1.807) is 18.2 Å². The Morgan fingerprint density at radius 1 is 0.974 bits per heavy atom. The zero-order chi connectivity index (χ0) is 27.2. The normalized spacial score (nSPS) is 38.9. The molecule has 210 valence electrons. The minimum Gasteiger partial charge on any atom is -0.459 e. The van der Waals surface area contributed by atoms with Crippen LogP contribution in [0.3, 0.4) is 0 Å². The van der Waals surface area contributed by atoms with Gasteiger partial charge in [0.05, 0.1) is 5.56 Å². The van der Waals surface area contributed by atoms with Crippen LogP contribution in [0.15, 0.2) is 29.8 Å². The van der Waals surface area contributed by atoms with E-state index in [4.69, 9.17) is 16.2 Å². The molecule has 0 spiro atoms. The number of nitrogen functional groups attached to an aromatic ring is 2. The zero-order valence-electron chi connectivity index (χ0n) is 24.6. The van der Waals surface area contributed by atoms with Crippen LogP contribution < -0.4 is 11.5 Å². The fraction of sp³-hybridized carbons (Fsp3) is 0.735. The highest BCUT2D eigenvalue weighted by molar-refractivity contribution is 5.91. The second-order valence-electron chi connectivity index (χ2n) is 14.4. The van der Waals surface area contributed by atoms with Gasteiger partial charge in [-0.25, -0.2) is 4.79 Å². The number of ether oxygens (including phenoxy) is 1. The van der Waals surface area contributed by atoms with Gasteiger partial charge >= 0.3 is 5.97 Å². The van der Waals surface area contributed by atoms with E-state index in [0.717, 1.165) is 42.4 Å². The molecule has 4 aliphatic carbocycles. The van der Waals surface area contributed by atoms with E-state index >= 15 is 0 Å². The van der Waals surface area contributed by atoms with Crippen LogP contribution in [0.2, 0.25) is 0 Å². The van der Waals surface area contributed by atoms with E-state index in [9.17, 15) is 4.79 Å². The SMILES string of the molecule is CC(C)=CCCC(C)C1CCC2C3CCC4CC(OC(=O)c5cc(N)cc(N)c5)CCC4(C)C3CCC12C. The minimum absolute atomic E-state index is 0.00570. The molecule has 4 N–H and O–H groups in total. The third-order valence-corrected chi connectivity index (χ3v) is 12.0. The van der Waals surface area contributed by atoms with Gasteiger partial charge < -0.3 is 16.2 Å². The quantitative estimate of drug-likeness (QED) is 0.224. The van der Waals surface area contributed by atoms with Gasteiger partial charge in [0.15, 0.2) is 0 Å². The maximum absolute atomic E-state index is 12.9. The lowest BCUT2D eigenvalue weighted by Gasteiger charge is -2.61. The first-order valence-electron chi connectivity index (χ1n) is 15.5. The molecule has 4 fully saturated rings. The Hall–Kier alpha value is -1.97. The first-order chi connectivity index (χ1) is 18.0. The number of benzene rings is 1. The third-order valence-electron chi connectivity index (χ3n) is 12.0. The van der Waals surface area contributed by atoms with Crippen molar-refractivity contribution in [3.05, 3.63) is 35.4 Å². The van der Waals surface area contributed by atoms with Crippen molar-refractivity contribution in [2.24, 2.45) is 46.3 Å². The third kappa shape index (κ3) is 5.02. The average molecular weight is 521 g/mol. The number of rotatable bonds is 6. The van der Waals surface area contributed by atoms with Crippen molar-refractivity contribution in [1.82, 2.24) is 0 Å². The van der Waals surface area contributed by atoms with Gasteiger partial charge in [-0.2, -0.15) is 0 Å². The van der Waals surface area contributed by atoms with E-state index in [2.05, 4.69) is 40.7 Å². The zero-order valence-corrected chi connectivity index (χ0v) is 24.6. The van der Waals surface area contributed by atoms with Crippen LogP contribution in [0.25, 0.3) is 0 Å². The minimum atomic E-state index is -0.282. The van der Waals surface area contributed by atoms with Crippen molar-refractivity contribution in [3.63, 3.8) is 0 Å². The van der Waals surface area contributed by atoms with Crippen molar-refractivity contribution >= 4 is 17.3 Å². The van der Waals surface area contributed by atoms with Crippen molar-refractivity contribution in [2.75, 3.05) is 11.5 Å². The molecule has 4 nitrogen and oxygen atoms in total. The smallest absolute Gasteiger partial charge is 0.338 e. The van der Waals surface area contributed by atoms with Gasteiger partial charge in [0.25, 0.3) is 0 Å². The lowest BCUT2D eigenvalue weighted by molar-refractivity contribution is -0.130. The van der Waals surface area contributed by atoms with Crippen LogP contribution in [0.1, 0.15) is 116 Å². The summed E-state index contributed by atoms with van der Waals surface area (Å²) in [6.07, 6.45) is 16.5. The summed E-state index contributed by atoms with van der Waals surface area (Å²) in [6, 6.07) is 5.02. The Labute approximate surface area is 231 Å². The molecule has 4 heteroatoms. The molecule has 1 aromatic carbocycles. The molecule has 0 saturated heterocycles. The standard InChI is InChI=1S/C34H52N2O2/c1-21(2)7-6-8-22(3)29-11-12-30-28-10-9-24-19-27(38-32(37)23-17-25(35)20-26(36)18-23)13-15-33(24,4)31(28)14-16-34(29,30)5/h7,17-18,20,22,24,27-31H,6,8-16,19,35-36H2,1-5H3. The molecule has 0 aliphatic heterocycles. The van der Waals surface area contributed by atoms with Gasteiger partial charge in [-0.15, -0.1) is 0 Å². The number of carbonyl (C=O) groups excluding carboxylic acids is 1. The molecule has 0 aromatic heterocycles. The Morgan fingerprint density at radius 3 is 2.37 bits per heavy atom. The van der Waals surface area contributed by atoms with Gasteiger partial charge in [0.1, 0.15) is 6.10 Å². The summed E-state index contributed by atoms with van der Waals surface area (Å²) >= 11 is 0. The van der Waals surface area contributed by atoms with Crippen LogP contribution >= 0.6 is 0 Å². The second-order valence-corrected chi connectivity index (χ2v) is 14.4. The molecule has 0 heterocycles. The predicted octanol–water partition coefficient (Wildman–Crippen LogP) is 8.42. The van der Waals surface area contributed by atoms with E-state index in [0.29, 0.717) is 33.7 Å². The molecule has 0 radical (unpaired) electrons. The van der Waals surface area contributed by atoms with Gasteiger partial charge in [-0.1, -0.05) is 32.4 Å². The Kier molecular flexibility index (Phi) is 7.66. The maximum atomic E-state index is 12.9. The summed E-state index contributed by atoms with van der Waals surface area (Å²) in [4.78, 5) is 12.9. The summed E-state index contributed by atoms with van der Waals surface area (Å²) in [5.41, 5.74) is 15.7. The van der Waals surface area contributed by atoms with Crippen molar-refractivity contribution in [3.8, 4) is 0 Å². The predicted molar refractivity (Wildman–Crippen MR) is 158 cm³/mol. The molecule has 9 atom stereocenters. The highest BCUT2D eigenvalue weighted by Crippen LogP contribution is 2.68. The molecule has 9 unspecified atom stereocenters. The van der Waals surface area contributed by atoms with E-state index < -0.39 is 0 Å². The van der Waals surface area contributed by atoms with Crippen LogP contribution in [0.4, 0.5) is 11.4 Å². The van der Waals surface area contributed by atoms with Crippen LogP contribution in [0.5, 0.6) is 0 Å². The molecular formula is C34H52N2O2. The lowest BCUT2D eigenvalue weighted by Crippen LogP contribution is -2.54. The summed E-state index contributed by atoms with van der Waals surface area (Å²) in [6.45, 7) is 12.3. The van der Waals surface area contributed by atoms with E-state index in [-0.39, 0.29) is 12.1 Å². The Balaban J connectivity index is 1.23. The lowest BCUT2D eigenvalue weighted by atomic mass is 9.44. The van der Waals surface area contributed by atoms with Crippen molar-refractivity contribution < 1.29 is 9.53 Å². The number of allylic oxidation sites excluding steroid dienone is 2. The summed E-state index contributed by atoms with van der Waals surface area (Å²) in [7, 11) is 0. The molecule has 4 saturated carbocycles. The van der Waals surface area contributed by atoms with E-state index in [1.807, 2.05) is 0 Å². The number of hydrogen-bond donors (Lipinski definition) is 2. The van der Waals surface area contributed by atoms with Crippen LogP contribution in [-0.4, -0.2) is 12.1 Å². The molecule has 4 aliphatic rings. The number of esters is 1. The number of carbonyl (C=O) groups is 1. The second kappa shape index (κ2) is 10.5. The highest BCUT2D eigenvalue weighted by atomic mass is 16.5. The molecule has 38 heavy (non-hydrogen) atoms. The molecule has 1 aromatic rings. The molecule has 0 bridgehead atoms. The number of anilines is 2. The monoisotopic (exact) mass is 520 g/mol. The fourth-order valence-corrected chi connectivity index (χ4v) is 10.2. The van der Waals surface area contributed by atoms with Gasteiger partial charge in [0, 0.05) is 11.4 Å². The van der Waals surface area contributed by atoms with Gasteiger partial charge in [-0.05, 0) is 149 Å². The van der Waals surface area contributed by atoms with Crippen LogP contribution in [-0.2, 0) is 4.74 Å². The summed E-state index contributed by atoms with van der Waals surface area (Å²) in [5.74, 6) is 4.72. The Bertz CT molecular complexity index is 1040. The fourth-order valence-electron chi connectivity index (χ4n) is 10.2. The number of fused-ring (bicyclic) bond motifs is 5. The first-order valence-corrected chi connectivity index (χ1v) is 15.5. The summed E-state index contributed by atoms with van der Waals surface area (Å²) < 4.78 is 6.04. The van der Waals surface area contributed by atoms with Gasteiger partial charge in [0.2, 0.25) is 0 Å². The number of nitrogens with two attached hydrogens (primary N) is 2. The van der Waals surface area contributed by atoms with Crippen molar-refractivity contribution in [1.29, 1.82) is 0 Å². The first kappa shape index (κ1) is 27.6. The number of hydrogen-bond acceptors (Lipinski definition) is 4. The molecular weight excluding hydrogens is 468 g/mol. The molecule has 0 amide bonds. The molecule has 5 rings (SSSR count). The maximum Gasteiger partial charge on any atom is 0.338 e. The Morgan fingerprint density at radius 2 is 1.66 bits per heavy atom. The highest BCUT2D eigenvalue weighted by Gasteiger charge is 2.60. The largest absolute Gasteiger partial charge is 0.459 e. The van der Waals surface area contributed by atoms with E-state index in [1.165, 1.54) is 63.4 Å². The van der Waals surface area contributed by atoms with Crippen molar-refractivity contribution in [2.45, 2.75) is 111 Å². The summed E-state index contributed by atoms with van der Waals surface area (Å²) in [5, 5.41) is 0.